The Bertz CT molecular complexity index is 405. The quantitative estimate of drug-likeness (QED) is 0.885. The second-order valence-electron chi connectivity index (χ2n) is 3.69. The Balaban J connectivity index is 3.35. The van der Waals surface area contributed by atoms with Crippen molar-refractivity contribution in [2.75, 3.05) is 27.8 Å². The van der Waals surface area contributed by atoms with Crippen molar-refractivity contribution in [2.45, 2.75) is 12.6 Å². The fourth-order valence-electron chi connectivity index (χ4n) is 1.75. The third-order valence-electron chi connectivity index (χ3n) is 2.56. The van der Waals surface area contributed by atoms with E-state index in [1.807, 2.05) is 0 Å². The summed E-state index contributed by atoms with van der Waals surface area (Å²) in [5.41, 5.74) is -0.575. The monoisotopic (exact) mass is 263 g/mol. The van der Waals surface area contributed by atoms with Crippen molar-refractivity contribution in [1.29, 1.82) is 0 Å². The van der Waals surface area contributed by atoms with E-state index >= 15 is 0 Å². The highest BCUT2D eigenvalue weighted by Crippen LogP contribution is 2.43. The molecule has 0 saturated heterocycles. The maximum atomic E-state index is 13.1. The van der Waals surface area contributed by atoms with Gasteiger partial charge in [0, 0.05) is 0 Å². The Labute approximate surface area is 104 Å². The lowest BCUT2D eigenvalue weighted by atomic mass is 10.0. The van der Waals surface area contributed by atoms with Crippen LogP contribution in [0.3, 0.4) is 0 Å². The number of nitrogens with one attached hydrogen (secondary N) is 1. The molecule has 18 heavy (non-hydrogen) atoms. The van der Waals surface area contributed by atoms with Gasteiger partial charge in [-0.25, -0.2) is 0 Å². The molecule has 0 unspecified atom stereocenters. The lowest BCUT2D eigenvalue weighted by molar-refractivity contribution is -0.139. The average Bonchev–Trinajstić information content (AvgIpc) is 2.33. The minimum absolute atomic E-state index is 0.0815. The summed E-state index contributed by atoms with van der Waals surface area (Å²) in [6.45, 7) is 0.457. The van der Waals surface area contributed by atoms with Gasteiger partial charge in [0.15, 0.2) is 11.5 Å². The van der Waals surface area contributed by atoms with Gasteiger partial charge in [0.05, 0.1) is 14.2 Å². The molecule has 1 aromatic rings. The van der Waals surface area contributed by atoms with Crippen molar-refractivity contribution in [3.05, 3.63) is 23.3 Å². The fraction of sp³-hybridized carbons (Fsp3) is 0.500. The third-order valence-corrected chi connectivity index (χ3v) is 2.56. The molecular weight excluding hydrogens is 247 g/mol. The van der Waals surface area contributed by atoms with Gasteiger partial charge in [0.25, 0.3) is 0 Å². The second kappa shape index (κ2) is 5.95. The van der Waals surface area contributed by atoms with Crippen LogP contribution >= 0.6 is 0 Å². The zero-order valence-corrected chi connectivity index (χ0v) is 10.5. The van der Waals surface area contributed by atoms with Crippen molar-refractivity contribution in [1.82, 2.24) is 5.32 Å². The number of halogens is 3. The molecule has 102 valence electrons. The van der Waals surface area contributed by atoms with Crippen molar-refractivity contribution in [2.24, 2.45) is 0 Å². The Morgan fingerprint density at radius 1 is 1.17 bits per heavy atom. The molecule has 1 rings (SSSR count). The maximum Gasteiger partial charge on any atom is 0.420 e. The molecular formula is C12H16F3NO2. The highest BCUT2D eigenvalue weighted by Gasteiger charge is 2.38. The molecule has 0 saturated carbocycles. The van der Waals surface area contributed by atoms with Gasteiger partial charge < -0.3 is 14.8 Å². The number of likely N-dealkylation sites (N-methyl/N-ethyl adjacent to an activating group) is 1. The Hall–Kier alpha value is -1.43. The van der Waals surface area contributed by atoms with Crippen LogP contribution in [0.2, 0.25) is 0 Å². The summed E-state index contributed by atoms with van der Waals surface area (Å²) in [5.74, 6) is -0.184. The second-order valence-corrected chi connectivity index (χ2v) is 3.69. The van der Waals surface area contributed by atoms with E-state index in [-0.39, 0.29) is 23.5 Å². The predicted octanol–water partition coefficient (Wildman–Crippen LogP) is 2.48. The average molecular weight is 263 g/mol. The van der Waals surface area contributed by atoms with Gasteiger partial charge in [-0.3, -0.25) is 0 Å². The van der Waals surface area contributed by atoms with Gasteiger partial charge in [-0.2, -0.15) is 13.2 Å². The first-order valence-electron chi connectivity index (χ1n) is 5.41. The molecule has 0 heterocycles. The first-order chi connectivity index (χ1) is 8.45. The van der Waals surface area contributed by atoms with Crippen molar-refractivity contribution in [3.63, 3.8) is 0 Å². The van der Waals surface area contributed by atoms with E-state index < -0.39 is 11.7 Å². The molecule has 1 aromatic carbocycles. The van der Waals surface area contributed by atoms with E-state index in [1.54, 1.807) is 7.05 Å². The SMILES string of the molecule is CNCCc1ccc(OC)c(OC)c1C(F)(F)F. The number of hydrogen-bond acceptors (Lipinski definition) is 3. The minimum atomic E-state index is -4.47. The van der Waals surface area contributed by atoms with E-state index in [0.29, 0.717) is 6.54 Å². The van der Waals surface area contributed by atoms with Crippen LogP contribution < -0.4 is 14.8 Å². The first kappa shape index (κ1) is 14.6. The van der Waals surface area contributed by atoms with Crippen LogP contribution in [0.15, 0.2) is 12.1 Å². The molecule has 0 aromatic heterocycles. The van der Waals surface area contributed by atoms with Gasteiger partial charge >= 0.3 is 6.18 Å². The van der Waals surface area contributed by atoms with Crippen molar-refractivity contribution in [3.8, 4) is 11.5 Å². The van der Waals surface area contributed by atoms with E-state index in [9.17, 15) is 13.2 Å². The lowest BCUT2D eigenvalue weighted by Crippen LogP contribution is -2.16. The van der Waals surface area contributed by atoms with Gasteiger partial charge in [0.1, 0.15) is 5.56 Å². The minimum Gasteiger partial charge on any atom is -0.493 e. The van der Waals surface area contributed by atoms with Crippen LogP contribution in [0.1, 0.15) is 11.1 Å². The summed E-state index contributed by atoms with van der Waals surface area (Å²) < 4.78 is 49.0. The van der Waals surface area contributed by atoms with Gasteiger partial charge in [-0.15, -0.1) is 0 Å². The zero-order chi connectivity index (χ0) is 13.8. The molecule has 3 nitrogen and oxygen atoms in total. The summed E-state index contributed by atoms with van der Waals surface area (Å²) in [7, 11) is 4.20. The van der Waals surface area contributed by atoms with Gasteiger partial charge in [-0.1, -0.05) is 6.07 Å². The summed E-state index contributed by atoms with van der Waals surface area (Å²) >= 11 is 0. The number of alkyl halides is 3. The Kier molecular flexibility index (Phi) is 4.84. The maximum absolute atomic E-state index is 13.1. The highest BCUT2D eigenvalue weighted by molar-refractivity contribution is 5.52. The van der Waals surface area contributed by atoms with Crippen LogP contribution in [0, 0.1) is 0 Å². The predicted molar refractivity (Wildman–Crippen MR) is 62.2 cm³/mol. The molecule has 0 atom stereocenters. The largest absolute Gasteiger partial charge is 0.493 e. The van der Waals surface area contributed by atoms with Crippen LogP contribution in [0.4, 0.5) is 13.2 Å². The molecule has 1 N–H and O–H groups in total. The number of hydrogen-bond donors (Lipinski definition) is 1. The molecule has 0 radical (unpaired) electrons. The molecule has 0 aliphatic heterocycles. The Morgan fingerprint density at radius 3 is 2.28 bits per heavy atom. The van der Waals surface area contributed by atoms with Crippen LogP contribution in [-0.2, 0) is 12.6 Å². The van der Waals surface area contributed by atoms with E-state index in [1.165, 1.54) is 26.4 Å². The molecule has 0 fully saturated rings. The number of benzene rings is 1. The first-order valence-corrected chi connectivity index (χ1v) is 5.41. The van der Waals surface area contributed by atoms with E-state index in [0.717, 1.165) is 0 Å². The van der Waals surface area contributed by atoms with Gasteiger partial charge in [-0.05, 0) is 31.6 Å². The molecule has 0 spiro atoms. The van der Waals surface area contributed by atoms with Crippen molar-refractivity contribution >= 4 is 0 Å². The van der Waals surface area contributed by atoms with Crippen LogP contribution in [-0.4, -0.2) is 27.8 Å². The lowest BCUT2D eigenvalue weighted by Gasteiger charge is -2.18. The number of ether oxygens (including phenoxy) is 2. The van der Waals surface area contributed by atoms with Crippen molar-refractivity contribution < 1.29 is 22.6 Å². The summed E-state index contributed by atoms with van der Waals surface area (Å²) in [4.78, 5) is 0. The molecule has 0 aliphatic carbocycles. The molecule has 0 bridgehead atoms. The number of rotatable bonds is 5. The summed E-state index contributed by atoms with van der Waals surface area (Å²) in [5, 5.41) is 2.82. The summed E-state index contributed by atoms with van der Waals surface area (Å²) in [6, 6.07) is 2.90. The van der Waals surface area contributed by atoms with E-state index in [2.05, 4.69) is 5.32 Å². The normalized spacial score (nSPS) is 11.4. The topological polar surface area (TPSA) is 30.5 Å². The van der Waals surface area contributed by atoms with Gasteiger partial charge in [0.2, 0.25) is 0 Å². The highest BCUT2D eigenvalue weighted by atomic mass is 19.4. The zero-order valence-electron chi connectivity index (χ0n) is 10.5. The Morgan fingerprint density at radius 2 is 1.83 bits per heavy atom. The number of methoxy groups -OCH3 is 2. The summed E-state index contributed by atoms with van der Waals surface area (Å²) in [6.07, 6.45) is -4.20. The smallest absolute Gasteiger partial charge is 0.420 e. The molecule has 6 heteroatoms. The van der Waals surface area contributed by atoms with Crippen LogP contribution in [0.25, 0.3) is 0 Å². The fourth-order valence-corrected chi connectivity index (χ4v) is 1.75. The third kappa shape index (κ3) is 3.07. The van der Waals surface area contributed by atoms with Crippen LogP contribution in [0.5, 0.6) is 11.5 Å². The molecule has 0 aliphatic rings. The standard InChI is InChI=1S/C12H16F3NO2/c1-16-7-6-8-4-5-9(17-2)11(18-3)10(8)12(13,14)15/h4-5,16H,6-7H2,1-3H3. The van der Waals surface area contributed by atoms with E-state index in [4.69, 9.17) is 9.47 Å². The molecule has 0 amide bonds.